The van der Waals surface area contributed by atoms with Gasteiger partial charge in [-0.05, 0) is 43.7 Å². The summed E-state index contributed by atoms with van der Waals surface area (Å²) < 4.78 is 5.71. The Morgan fingerprint density at radius 1 is 1.28 bits per heavy atom. The third kappa shape index (κ3) is 7.33. The Labute approximate surface area is 181 Å². The lowest BCUT2D eigenvalue weighted by Gasteiger charge is -2.36. The van der Waals surface area contributed by atoms with Crippen molar-refractivity contribution in [3.8, 4) is 0 Å². The second-order valence-corrected chi connectivity index (χ2v) is 7.90. The summed E-state index contributed by atoms with van der Waals surface area (Å²) in [7, 11) is 0. The standard InChI is InChI=1S/C17H25Cl2N3OS.HI/c1-3-20-16(21-11-13-4-5-14(18)10-15(13)19)22-12-17(24-2)6-8-23-9-7-17;/h4-5,10H,3,6-9,11-12H2,1-2H3,(H2,20,21,22);1H. The summed E-state index contributed by atoms with van der Waals surface area (Å²) >= 11 is 14.1. The maximum atomic E-state index is 6.22. The Hall–Kier alpha value is 0.110. The zero-order valence-electron chi connectivity index (χ0n) is 14.6. The first kappa shape index (κ1) is 23.1. The molecule has 0 saturated carbocycles. The molecule has 1 saturated heterocycles. The van der Waals surface area contributed by atoms with Gasteiger partial charge in [0.25, 0.3) is 0 Å². The van der Waals surface area contributed by atoms with Gasteiger partial charge in [-0.3, -0.25) is 0 Å². The lowest BCUT2D eigenvalue weighted by atomic mass is 9.99. The van der Waals surface area contributed by atoms with E-state index < -0.39 is 0 Å². The maximum Gasteiger partial charge on any atom is 0.191 e. The van der Waals surface area contributed by atoms with Gasteiger partial charge >= 0.3 is 0 Å². The van der Waals surface area contributed by atoms with Crippen LogP contribution in [0.3, 0.4) is 0 Å². The molecule has 2 N–H and O–H groups in total. The lowest BCUT2D eigenvalue weighted by molar-refractivity contribution is 0.0783. The molecule has 8 heteroatoms. The number of benzene rings is 1. The number of halogens is 3. The lowest BCUT2D eigenvalue weighted by Crippen LogP contribution is -2.47. The monoisotopic (exact) mass is 517 g/mol. The SMILES string of the molecule is CCNC(=NCc1ccc(Cl)cc1Cl)NCC1(SC)CCOCC1.I. The molecule has 1 fully saturated rings. The molecule has 1 aliphatic rings. The second-order valence-electron chi connectivity index (χ2n) is 5.78. The van der Waals surface area contributed by atoms with Crippen LogP contribution in [0, 0.1) is 0 Å². The Morgan fingerprint density at radius 2 is 2.00 bits per heavy atom. The molecule has 0 radical (unpaired) electrons. The van der Waals surface area contributed by atoms with Crippen LogP contribution < -0.4 is 10.6 Å². The van der Waals surface area contributed by atoms with Gasteiger partial charge in [-0.2, -0.15) is 11.8 Å². The number of hydrogen-bond donors (Lipinski definition) is 2. The molecule has 0 amide bonds. The Kier molecular flexibility index (Phi) is 10.9. The van der Waals surface area contributed by atoms with E-state index in [1.54, 1.807) is 6.07 Å². The highest BCUT2D eigenvalue weighted by atomic mass is 127. The number of guanidine groups is 1. The molecule has 1 aliphatic heterocycles. The van der Waals surface area contributed by atoms with E-state index in [2.05, 4.69) is 28.8 Å². The van der Waals surface area contributed by atoms with Crippen LogP contribution in [-0.4, -0.2) is 43.3 Å². The summed E-state index contributed by atoms with van der Waals surface area (Å²) in [6.07, 6.45) is 4.29. The number of thioether (sulfide) groups is 1. The molecule has 0 atom stereocenters. The van der Waals surface area contributed by atoms with E-state index in [1.165, 1.54) is 0 Å². The summed E-state index contributed by atoms with van der Waals surface area (Å²) in [6.45, 7) is 5.92. The first-order chi connectivity index (χ1) is 11.6. The Balaban J connectivity index is 0.00000312. The molecule has 2 rings (SSSR count). The van der Waals surface area contributed by atoms with E-state index >= 15 is 0 Å². The van der Waals surface area contributed by atoms with Crippen molar-refractivity contribution in [2.24, 2.45) is 4.99 Å². The largest absolute Gasteiger partial charge is 0.381 e. The molecule has 1 aromatic rings. The van der Waals surface area contributed by atoms with Crippen molar-refractivity contribution in [1.29, 1.82) is 0 Å². The van der Waals surface area contributed by atoms with Crippen molar-refractivity contribution < 1.29 is 4.74 Å². The molecule has 0 unspecified atom stereocenters. The predicted molar refractivity (Wildman–Crippen MR) is 121 cm³/mol. The van der Waals surface area contributed by atoms with Gasteiger partial charge in [-0.15, -0.1) is 24.0 Å². The third-order valence-corrected chi connectivity index (χ3v) is 6.19. The molecular weight excluding hydrogens is 492 g/mol. The fraction of sp³-hybridized carbons (Fsp3) is 0.588. The van der Waals surface area contributed by atoms with Crippen LogP contribution in [0.4, 0.5) is 0 Å². The third-order valence-electron chi connectivity index (χ3n) is 4.18. The average Bonchev–Trinajstić information content (AvgIpc) is 2.59. The molecule has 0 aliphatic carbocycles. The molecule has 1 aromatic carbocycles. The molecule has 0 aromatic heterocycles. The van der Waals surface area contributed by atoms with Crippen molar-refractivity contribution >= 4 is 64.9 Å². The van der Waals surface area contributed by atoms with Crippen LogP contribution in [0.1, 0.15) is 25.3 Å². The van der Waals surface area contributed by atoms with Crippen LogP contribution in [-0.2, 0) is 11.3 Å². The van der Waals surface area contributed by atoms with Crippen LogP contribution in [0.15, 0.2) is 23.2 Å². The van der Waals surface area contributed by atoms with Crippen LogP contribution >= 0.6 is 58.9 Å². The zero-order chi connectivity index (χ0) is 17.4. The fourth-order valence-corrected chi connectivity index (χ4v) is 3.86. The van der Waals surface area contributed by atoms with Gasteiger partial charge in [0.1, 0.15) is 0 Å². The highest BCUT2D eigenvalue weighted by Gasteiger charge is 2.31. The molecular formula is C17H26Cl2IN3OS. The first-order valence-electron chi connectivity index (χ1n) is 8.17. The van der Waals surface area contributed by atoms with Gasteiger partial charge in [0.15, 0.2) is 5.96 Å². The molecule has 25 heavy (non-hydrogen) atoms. The maximum absolute atomic E-state index is 6.22. The van der Waals surface area contributed by atoms with Crippen molar-refractivity contribution in [1.82, 2.24) is 10.6 Å². The molecule has 4 nitrogen and oxygen atoms in total. The summed E-state index contributed by atoms with van der Waals surface area (Å²) in [4.78, 5) is 4.65. The number of nitrogens with one attached hydrogen (secondary N) is 2. The zero-order valence-corrected chi connectivity index (χ0v) is 19.3. The van der Waals surface area contributed by atoms with Gasteiger partial charge in [0.05, 0.1) is 6.54 Å². The van der Waals surface area contributed by atoms with E-state index in [0.717, 1.165) is 50.7 Å². The smallest absolute Gasteiger partial charge is 0.191 e. The molecule has 0 bridgehead atoms. The van der Waals surface area contributed by atoms with E-state index in [4.69, 9.17) is 27.9 Å². The van der Waals surface area contributed by atoms with Crippen molar-refractivity contribution in [3.05, 3.63) is 33.8 Å². The van der Waals surface area contributed by atoms with E-state index in [1.807, 2.05) is 23.9 Å². The summed E-state index contributed by atoms with van der Waals surface area (Å²) in [6, 6.07) is 5.50. The number of rotatable bonds is 6. The van der Waals surface area contributed by atoms with Crippen molar-refractivity contribution in [3.63, 3.8) is 0 Å². The van der Waals surface area contributed by atoms with Gasteiger partial charge in [-0.25, -0.2) is 4.99 Å². The van der Waals surface area contributed by atoms with Crippen LogP contribution in [0.5, 0.6) is 0 Å². The average molecular weight is 518 g/mol. The van der Waals surface area contributed by atoms with E-state index in [9.17, 15) is 0 Å². The minimum absolute atomic E-state index is 0. The first-order valence-corrected chi connectivity index (χ1v) is 10.2. The van der Waals surface area contributed by atoms with E-state index in [0.29, 0.717) is 16.6 Å². The van der Waals surface area contributed by atoms with Gasteiger partial charge in [0.2, 0.25) is 0 Å². The quantitative estimate of drug-likeness (QED) is 0.329. The highest BCUT2D eigenvalue weighted by Crippen LogP contribution is 2.33. The van der Waals surface area contributed by atoms with E-state index in [-0.39, 0.29) is 28.7 Å². The van der Waals surface area contributed by atoms with Gasteiger partial charge in [0, 0.05) is 41.1 Å². The molecule has 1 heterocycles. The second kappa shape index (κ2) is 11.7. The Morgan fingerprint density at radius 3 is 2.60 bits per heavy atom. The number of ether oxygens (including phenoxy) is 1. The number of hydrogen-bond acceptors (Lipinski definition) is 3. The normalized spacial score (nSPS) is 16.9. The number of aliphatic imine (C=N–C) groups is 1. The molecule has 0 spiro atoms. The van der Waals surface area contributed by atoms with Crippen LogP contribution in [0.25, 0.3) is 0 Å². The van der Waals surface area contributed by atoms with Crippen LogP contribution in [0.2, 0.25) is 10.0 Å². The molecule has 142 valence electrons. The summed E-state index contributed by atoms with van der Waals surface area (Å²) in [5.74, 6) is 0.809. The topological polar surface area (TPSA) is 45.7 Å². The predicted octanol–water partition coefficient (Wildman–Crippen LogP) is 4.58. The van der Waals surface area contributed by atoms with Gasteiger partial charge in [-0.1, -0.05) is 29.3 Å². The number of nitrogens with zero attached hydrogens (tertiary/aromatic N) is 1. The minimum atomic E-state index is 0. The fourth-order valence-electron chi connectivity index (χ4n) is 2.60. The van der Waals surface area contributed by atoms with Crippen molar-refractivity contribution in [2.45, 2.75) is 31.1 Å². The summed E-state index contributed by atoms with van der Waals surface area (Å²) in [5.41, 5.74) is 0.962. The highest BCUT2D eigenvalue weighted by molar-refractivity contribution is 14.0. The van der Waals surface area contributed by atoms with Gasteiger partial charge < -0.3 is 15.4 Å². The van der Waals surface area contributed by atoms with Crippen molar-refractivity contribution in [2.75, 3.05) is 32.6 Å². The Bertz CT molecular complexity index is 569. The minimum Gasteiger partial charge on any atom is -0.381 e. The summed E-state index contributed by atoms with van der Waals surface area (Å²) in [5, 5.41) is 8.05.